The second-order valence-corrected chi connectivity index (χ2v) is 5.04. The summed E-state index contributed by atoms with van der Waals surface area (Å²) in [4.78, 5) is 14.2. The van der Waals surface area contributed by atoms with Crippen molar-refractivity contribution in [2.75, 3.05) is 26.2 Å². The lowest BCUT2D eigenvalue weighted by Gasteiger charge is -2.33. The molecule has 1 amide bonds. The van der Waals surface area contributed by atoms with Crippen LogP contribution >= 0.6 is 12.4 Å². The average molecular weight is 265 g/mol. The van der Waals surface area contributed by atoms with E-state index in [1.54, 1.807) is 0 Å². The van der Waals surface area contributed by atoms with Gasteiger partial charge in [0.2, 0.25) is 0 Å². The van der Waals surface area contributed by atoms with Gasteiger partial charge in [-0.15, -0.1) is 12.4 Å². The zero-order chi connectivity index (χ0) is 12.1. The highest BCUT2D eigenvalue weighted by Crippen LogP contribution is 2.09. The van der Waals surface area contributed by atoms with Gasteiger partial charge < -0.3 is 15.0 Å². The Morgan fingerprint density at radius 3 is 2.47 bits per heavy atom. The van der Waals surface area contributed by atoms with E-state index < -0.39 is 0 Å². The van der Waals surface area contributed by atoms with Crippen molar-refractivity contribution in [1.29, 1.82) is 0 Å². The molecule has 0 radical (unpaired) electrons. The van der Waals surface area contributed by atoms with E-state index in [0.29, 0.717) is 19.1 Å². The van der Waals surface area contributed by atoms with Gasteiger partial charge in [0.1, 0.15) is 6.10 Å². The predicted octanol–water partition coefficient (Wildman–Crippen LogP) is 1.29. The first-order valence-corrected chi connectivity index (χ1v) is 6.15. The van der Waals surface area contributed by atoms with E-state index in [1.165, 1.54) is 0 Å². The summed E-state index contributed by atoms with van der Waals surface area (Å²) in [5, 5.41) is 3.19. The second-order valence-electron chi connectivity index (χ2n) is 5.04. The molecule has 0 spiro atoms. The molecule has 1 heterocycles. The van der Waals surface area contributed by atoms with Gasteiger partial charge in [-0.3, -0.25) is 4.79 Å². The zero-order valence-electron chi connectivity index (χ0n) is 11.2. The molecule has 1 fully saturated rings. The molecule has 0 aromatic rings. The van der Waals surface area contributed by atoms with Crippen LogP contribution in [0.25, 0.3) is 0 Å². The molecule has 0 bridgehead atoms. The number of hydrogen-bond acceptors (Lipinski definition) is 3. The van der Waals surface area contributed by atoms with Crippen LogP contribution in [0.1, 0.15) is 27.7 Å². The summed E-state index contributed by atoms with van der Waals surface area (Å²) in [5.74, 6) is 0.610. The summed E-state index contributed by atoms with van der Waals surface area (Å²) in [6, 6.07) is 0.237. The van der Waals surface area contributed by atoms with Crippen molar-refractivity contribution in [2.45, 2.75) is 39.8 Å². The first-order valence-electron chi connectivity index (χ1n) is 6.15. The third-order valence-corrected chi connectivity index (χ3v) is 2.67. The number of nitrogens with one attached hydrogen (secondary N) is 1. The summed E-state index contributed by atoms with van der Waals surface area (Å²) in [6.07, 6.45) is -0.296. The Balaban J connectivity index is 0.00000256. The maximum atomic E-state index is 12.2. The van der Waals surface area contributed by atoms with Crippen LogP contribution in [0.2, 0.25) is 0 Å². The lowest BCUT2D eigenvalue weighted by Crippen LogP contribution is -2.52. The lowest BCUT2D eigenvalue weighted by molar-refractivity contribution is -0.147. The van der Waals surface area contributed by atoms with Crippen LogP contribution < -0.4 is 5.32 Å². The molecule has 0 aromatic carbocycles. The monoisotopic (exact) mass is 264 g/mol. The Hall–Kier alpha value is -0.320. The van der Waals surface area contributed by atoms with Crippen molar-refractivity contribution >= 4 is 18.3 Å². The molecule has 5 heteroatoms. The maximum absolute atomic E-state index is 12.2. The topological polar surface area (TPSA) is 41.6 Å². The van der Waals surface area contributed by atoms with Crippen molar-refractivity contribution in [1.82, 2.24) is 10.2 Å². The molecule has 1 N–H and O–H groups in total. The van der Waals surface area contributed by atoms with Crippen molar-refractivity contribution in [3.63, 3.8) is 0 Å². The molecule has 0 aromatic heterocycles. The Bertz CT molecular complexity index is 229. The molecule has 4 nitrogen and oxygen atoms in total. The third kappa shape index (κ3) is 5.23. The Morgan fingerprint density at radius 1 is 1.41 bits per heavy atom. The molecule has 1 unspecified atom stereocenters. The smallest absolute Gasteiger partial charge is 0.253 e. The predicted molar refractivity (Wildman–Crippen MR) is 71.5 cm³/mol. The Labute approximate surface area is 110 Å². The largest absolute Gasteiger partial charge is 0.366 e. The van der Waals surface area contributed by atoms with Crippen LogP contribution in [0.4, 0.5) is 0 Å². The average Bonchev–Trinajstić information content (AvgIpc) is 2.25. The number of rotatable bonds is 4. The first kappa shape index (κ1) is 16.7. The summed E-state index contributed by atoms with van der Waals surface area (Å²) < 4.78 is 5.50. The minimum absolute atomic E-state index is 0. The number of amides is 1. The van der Waals surface area contributed by atoms with E-state index in [9.17, 15) is 4.79 Å². The fraction of sp³-hybridized carbons (Fsp3) is 0.917. The van der Waals surface area contributed by atoms with Crippen LogP contribution in [0.3, 0.4) is 0 Å². The molecule has 1 aliphatic heterocycles. The van der Waals surface area contributed by atoms with Gasteiger partial charge in [-0.1, -0.05) is 13.8 Å². The Morgan fingerprint density at radius 2 is 2.06 bits per heavy atom. The van der Waals surface area contributed by atoms with Gasteiger partial charge in [0.05, 0.1) is 6.61 Å². The molecule has 1 rings (SSSR count). The van der Waals surface area contributed by atoms with Gasteiger partial charge in [0.25, 0.3) is 5.91 Å². The standard InChI is InChI=1S/C12H24N2O2.ClH/c1-9(2)8-14(10(3)4)12(15)11-7-13-5-6-16-11;/h9-11,13H,5-8H2,1-4H3;1H. The molecular weight excluding hydrogens is 240 g/mol. The van der Waals surface area contributed by atoms with Gasteiger partial charge in [-0.2, -0.15) is 0 Å². The third-order valence-electron chi connectivity index (χ3n) is 2.67. The minimum atomic E-state index is -0.296. The highest BCUT2D eigenvalue weighted by molar-refractivity contribution is 5.85. The highest BCUT2D eigenvalue weighted by Gasteiger charge is 2.28. The fourth-order valence-corrected chi connectivity index (χ4v) is 1.86. The van der Waals surface area contributed by atoms with Crippen LogP contribution in [0.5, 0.6) is 0 Å². The van der Waals surface area contributed by atoms with Gasteiger partial charge in [-0.05, 0) is 19.8 Å². The zero-order valence-corrected chi connectivity index (χ0v) is 12.0. The van der Waals surface area contributed by atoms with Crippen molar-refractivity contribution in [2.24, 2.45) is 5.92 Å². The first-order chi connectivity index (χ1) is 7.52. The van der Waals surface area contributed by atoms with Gasteiger partial charge in [0, 0.05) is 25.7 Å². The molecular formula is C12H25ClN2O2. The van der Waals surface area contributed by atoms with Crippen molar-refractivity contribution in [3.8, 4) is 0 Å². The van der Waals surface area contributed by atoms with E-state index in [0.717, 1.165) is 13.1 Å². The van der Waals surface area contributed by atoms with Crippen LogP contribution in [-0.2, 0) is 9.53 Å². The van der Waals surface area contributed by atoms with E-state index in [-0.39, 0.29) is 30.5 Å². The summed E-state index contributed by atoms with van der Waals surface area (Å²) in [6.45, 7) is 11.3. The van der Waals surface area contributed by atoms with E-state index in [2.05, 4.69) is 33.0 Å². The minimum Gasteiger partial charge on any atom is -0.366 e. The number of halogens is 1. The number of morpholine rings is 1. The van der Waals surface area contributed by atoms with Gasteiger partial charge in [0.15, 0.2) is 0 Å². The highest BCUT2D eigenvalue weighted by atomic mass is 35.5. The summed E-state index contributed by atoms with van der Waals surface area (Å²) >= 11 is 0. The van der Waals surface area contributed by atoms with Crippen LogP contribution in [0.15, 0.2) is 0 Å². The molecule has 102 valence electrons. The maximum Gasteiger partial charge on any atom is 0.253 e. The second kappa shape index (κ2) is 7.90. The summed E-state index contributed by atoms with van der Waals surface area (Å²) in [7, 11) is 0. The SMILES string of the molecule is CC(C)CN(C(=O)C1CNCCO1)C(C)C.Cl. The molecule has 1 saturated heterocycles. The summed E-state index contributed by atoms with van der Waals surface area (Å²) in [5.41, 5.74) is 0. The quantitative estimate of drug-likeness (QED) is 0.832. The van der Waals surface area contributed by atoms with E-state index >= 15 is 0 Å². The molecule has 1 aliphatic rings. The Kier molecular flexibility index (Phi) is 7.75. The number of carbonyl (C=O) groups is 1. The van der Waals surface area contributed by atoms with Crippen molar-refractivity contribution in [3.05, 3.63) is 0 Å². The molecule has 17 heavy (non-hydrogen) atoms. The molecule has 1 atom stereocenters. The van der Waals surface area contributed by atoms with E-state index in [4.69, 9.17) is 4.74 Å². The van der Waals surface area contributed by atoms with E-state index in [1.807, 2.05) is 4.90 Å². The van der Waals surface area contributed by atoms with Gasteiger partial charge in [-0.25, -0.2) is 0 Å². The fourth-order valence-electron chi connectivity index (χ4n) is 1.86. The number of carbonyl (C=O) groups excluding carboxylic acids is 1. The number of nitrogens with zero attached hydrogens (tertiary/aromatic N) is 1. The lowest BCUT2D eigenvalue weighted by atomic mass is 10.1. The van der Waals surface area contributed by atoms with Crippen molar-refractivity contribution < 1.29 is 9.53 Å². The number of hydrogen-bond donors (Lipinski definition) is 1. The van der Waals surface area contributed by atoms with Gasteiger partial charge >= 0.3 is 0 Å². The molecule has 0 aliphatic carbocycles. The molecule has 0 saturated carbocycles. The normalized spacial score (nSPS) is 20.2. The van der Waals surface area contributed by atoms with Crippen LogP contribution in [0, 0.1) is 5.92 Å². The number of ether oxygens (including phenoxy) is 1. The van der Waals surface area contributed by atoms with Crippen LogP contribution in [-0.4, -0.2) is 49.2 Å².